The van der Waals surface area contributed by atoms with Gasteiger partial charge in [-0.1, -0.05) is 53.9 Å². The second-order valence-corrected chi connectivity index (χ2v) is 7.15. The summed E-state index contributed by atoms with van der Waals surface area (Å²) in [7, 11) is 0. The zero-order valence-corrected chi connectivity index (χ0v) is 15.4. The number of hydrogen-bond acceptors (Lipinski definition) is 0. The lowest BCUT2D eigenvalue weighted by Gasteiger charge is -2.15. The van der Waals surface area contributed by atoms with Crippen molar-refractivity contribution in [1.82, 2.24) is 0 Å². The van der Waals surface area contributed by atoms with Crippen molar-refractivity contribution in [3.05, 3.63) is 66.3 Å². The quantitative estimate of drug-likeness (QED) is 0.425. The number of benzene rings is 2. The van der Waals surface area contributed by atoms with Crippen LogP contribution in [0.25, 0.3) is 0 Å². The normalized spacial score (nSPS) is 12.5. The number of alkyl halides is 1. The average molecular weight is 471 g/mol. The standard InChI is InChI=1S/C14H9Br3ClF/c1-7-4-12(16)10(6-11(7)15)14(18)9-3-2-8(19)5-13(9)17/h2-6,14H,1H3. The molecule has 0 bridgehead atoms. The van der Waals surface area contributed by atoms with Gasteiger partial charge < -0.3 is 0 Å². The van der Waals surface area contributed by atoms with Crippen LogP contribution < -0.4 is 0 Å². The maximum absolute atomic E-state index is 13.1. The van der Waals surface area contributed by atoms with Gasteiger partial charge in [-0.2, -0.15) is 0 Å². The first-order valence-electron chi connectivity index (χ1n) is 5.44. The summed E-state index contributed by atoms with van der Waals surface area (Å²) in [6.07, 6.45) is 0. The van der Waals surface area contributed by atoms with Gasteiger partial charge in [0.2, 0.25) is 0 Å². The molecule has 0 N–H and O–H groups in total. The Balaban J connectivity index is 2.49. The Morgan fingerprint density at radius 2 is 1.58 bits per heavy atom. The molecule has 5 heteroatoms. The molecule has 0 fully saturated rings. The van der Waals surface area contributed by atoms with Crippen LogP contribution in [0.2, 0.25) is 0 Å². The molecule has 0 spiro atoms. The van der Waals surface area contributed by atoms with E-state index in [-0.39, 0.29) is 11.2 Å². The Kier molecular flexibility index (Phi) is 5.09. The Labute approximate surface area is 141 Å². The van der Waals surface area contributed by atoms with E-state index in [4.69, 9.17) is 11.6 Å². The predicted octanol–water partition coefficient (Wildman–Crippen LogP) is 6.75. The van der Waals surface area contributed by atoms with Crippen molar-refractivity contribution in [3.63, 3.8) is 0 Å². The van der Waals surface area contributed by atoms with Gasteiger partial charge in [-0.15, -0.1) is 11.6 Å². The van der Waals surface area contributed by atoms with E-state index in [2.05, 4.69) is 47.8 Å². The highest BCUT2D eigenvalue weighted by molar-refractivity contribution is 9.11. The molecule has 1 atom stereocenters. The molecule has 1 unspecified atom stereocenters. The Hall–Kier alpha value is 0.1000. The molecule has 0 saturated heterocycles. The molecule has 100 valence electrons. The molecule has 0 aliphatic rings. The highest BCUT2D eigenvalue weighted by Crippen LogP contribution is 2.39. The zero-order chi connectivity index (χ0) is 14.2. The fraction of sp³-hybridized carbons (Fsp3) is 0.143. The molecule has 2 rings (SSSR count). The number of aryl methyl sites for hydroxylation is 1. The summed E-state index contributed by atoms with van der Waals surface area (Å²) in [4.78, 5) is 0. The fourth-order valence-electron chi connectivity index (χ4n) is 1.73. The third-order valence-electron chi connectivity index (χ3n) is 2.79. The Morgan fingerprint density at radius 1 is 0.947 bits per heavy atom. The maximum Gasteiger partial charge on any atom is 0.124 e. The van der Waals surface area contributed by atoms with E-state index in [1.54, 1.807) is 6.07 Å². The minimum atomic E-state index is -0.360. The van der Waals surface area contributed by atoms with Gasteiger partial charge in [-0.05, 0) is 47.9 Å². The summed E-state index contributed by atoms with van der Waals surface area (Å²) in [5, 5.41) is -0.360. The Morgan fingerprint density at radius 3 is 2.21 bits per heavy atom. The summed E-state index contributed by atoms with van der Waals surface area (Å²) in [6.45, 7) is 2.01. The van der Waals surface area contributed by atoms with E-state index in [9.17, 15) is 4.39 Å². The van der Waals surface area contributed by atoms with Crippen molar-refractivity contribution in [2.75, 3.05) is 0 Å². The molecule has 0 saturated carbocycles. The van der Waals surface area contributed by atoms with Crippen LogP contribution >= 0.6 is 59.4 Å². The van der Waals surface area contributed by atoms with Crippen molar-refractivity contribution < 1.29 is 4.39 Å². The number of halogens is 5. The zero-order valence-electron chi connectivity index (χ0n) is 9.85. The van der Waals surface area contributed by atoms with E-state index in [0.717, 1.165) is 25.6 Å². The van der Waals surface area contributed by atoms with Gasteiger partial charge in [-0.25, -0.2) is 4.39 Å². The molecular weight excluding hydrogens is 462 g/mol. The van der Waals surface area contributed by atoms with Gasteiger partial charge in [0.1, 0.15) is 5.82 Å². The number of hydrogen-bond donors (Lipinski definition) is 0. The van der Waals surface area contributed by atoms with Crippen molar-refractivity contribution >= 4 is 59.4 Å². The molecule has 2 aromatic rings. The summed E-state index contributed by atoms with van der Waals surface area (Å²) >= 11 is 16.9. The van der Waals surface area contributed by atoms with Crippen molar-refractivity contribution in [3.8, 4) is 0 Å². The highest BCUT2D eigenvalue weighted by atomic mass is 79.9. The molecule has 0 aromatic heterocycles. The summed E-state index contributed by atoms with van der Waals surface area (Å²) < 4.78 is 15.7. The minimum absolute atomic E-state index is 0.288. The first kappa shape index (κ1) is 15.5. The van der Waals surface area contributed by atoms with Crippen LogP contribution in [-0.4, -0.2) is 0 Å². The van der Waals surface area contributed by atoms with Crippen LogP contribution in [-0.2, 0) is 0 Å². The van der Waals surface area contributed by atoms with E-state index >= 15 is 0 Å². The summed E-state index contributed by atoms with van der Waals surface area (Å²) in [5.41, 5.74) is 2.89. The van der Waals surface area contributed by atoms with E-state index in [1.165, 1.54) is 12.1 Å². The smallest absolute Gasteiger partial charge is 0.124 e. The van der Waals surface area contributed by atoms with E-state index in [1.807, 2.05) is 19.1 Å². The highest BCUT2D eigenvalue weighted by Gasteiger charge is 2.18. The van der Waals surface area contributed by atoms with Crippen molar-refractivity contribution in [2.24, 2.45) is 0 Å². The molecule has 0 nitrogen and oxygen atoms in total. The van der Waals surface area contributed by atoms with Gasteiger partial charge in [0.25, 0.3) is 0 Å². The van der Waals surface area contributed by atoms with Gasteiger partial charge >= 0.3 is 0 Å². The van der Waals surface area contributed by atoms with E-state index in [0.29, 0.717) is 4.47 Å². The molecule has 0 heterocycles. The molecule has 0 aliphatic heterocycles. The van der Waals surface area contributed by atoms with Gasteiger partial charge in [0.15, 0.2) is 0 Å². The second kappa shape index (κ2) is 6.25. The lowest BCUT2D eigenvalue weighted by Crippen LogP contribution is -1.97. The average Bonchev–Trinajstić information content (AvgIpc) is 2.33. The monoisotopic (exact) mass is 468 g/mol. The largest absolute Gasteiger partial charge is 0.207 e. The molecule has 0 amide bonds. The van der Waals surface area contributed by atoms with Crippen molar-refractivity contribution in [1.29, 1.82) is 0 Å². The van der Waals surface area contributed by atoms with Crippen LogP contribution in [0.5, 0.6) is 0 Å². The second-order valence-electron chi connectivity index (χ2n) is 4.15. The molecular formula is C14H9Br3ClF. The summed E-state index contributed by atoms with van der Waals surface area (Å²) in [5.74, 6) is -0.288. The van der Waals surface area contributed by atoms with Crippen LogP contribution in [0, 0.1) is 12.7 Å². The topological polar surface area (TPSA) is 0 Å². The van der Waals surface area contributed by atoms with E-state index < -0.39 is 0 Å². The van der Waals surface area contributed by atoms with Crippen LogP contribution in [0.15, 0.2) is 43.7 Å². The van der Waals surface area contributed by atoms with Crippen molar-refractivity contribution in [2.45, 2.75) is 12.3 Å². The minimum Gasteiger partial charge on any atom is -0.207 e. The Bertz CT molecular complexity index is 628. The predicted molar refractivity (Wildman–Crippen MR) is 88.4 cm³/mol. The van der Waals surface area contributed by atoms with Gasteiger partial charge in [0.05, 0.1) is 5.38 Å². The van der Waals surface area contributed by atoms with Crippen LogP contribution in [0.1, 0.15) is 22.1 Å². The first-order chi connectivity index (χ1) is 8.90. The number of rotatable bonds is 2. The van der Waals surface area contributed by atoms with Gasteiger partial charge in [0, 0.05) is 13.4 Å². The fourth-order valence-corrected chi connectivity index (χ4v) is 3.99. The third kappa shape index (κ3) is 3.41. The maximum atomic E-state index is 13.1. The SMILES string of the molecule is Cc1cc(Br)c(C(Cl)c2ccc(F)cc2Br)cc1Br. The molecule has 0 aliphatic carbocycles. The van der Waals surface area contributed by atoms with Crippen LogP contribution in [0.4, 0.5) is 4.39 Å². The van der Waals surface area contributed by atoms with Gasteiger partial charge in [-0.3, -0.25) is 0 Å². The van der Waals surface area contributed by atoms with Crippen LogP contribution in [0.3, 0.4) is 0 Å². The third-order valence-corrected chi connectivity index (χ3v) is 5.48. The molecule has 2 aromatic carbocycles. The molecule has 19 heavy (non-hydrogen) atoms. The lowest BCUT2D eigenvalue weighted by molar-refractivity contribution is 0.626. The lowest BCUT2D eigenvalue weighted by atomic mass is 10.0. The first-order valence-corrected chi connectivity index (χ1v) is 8.26. The summed E-state index contributed by atoms with van der Waals surface area (Å²) in [6, 6.07) is 8.50. The molecule has 0 radical (unpaired) electrons.